The van der Waals surface area contributed by atoms with Gasteiger partial charge in [-0.05, 0) is 38.1 Å². The van der Waals surface area contributed by atoms with E-state index in [0.717, 1.165) is 17.1 Å². The van der Waals surface area contributed by atoms with Crippen molar-refractivity contribution >= 4 is 11.9 Å². The van der Waals surface area contributed by atoms with Crippen molar-refractivity contribution < 1.29 is 4.42 Å². The predicted octanol–water partition coefficient (Wildman–Crippen LogP) is 3.14. The predicted molar refractivity (Wildman–Crippen MR) is 86.4 cm³/mol. The SMILES string of the molecule is Cc1ccc(C=Nc2c(C)n(C)n(-c3ccccc3)c2=O)o1. The van der Waals surface area contributed by atoms with Gasteiger partial charge in [-0.25, -0.2) is 9.67 Å². The van der Waals surface area contributed by atoms with Gasteiger partial charge in [-0.2, -0.15) is 0 Å². The summed E-state index contributed by atoms with van der Waals surface area (Å²) in [5.74, 6) is 1.44. The second-order valence-electron chi connectivity index (χ2n) is 5.12. The van der Waals surface area contributed by atoms with Gasteiger partial charge in [0.05, 0.1) is 17.6 Å². The minimum Gasteiger partial charge on any atom is -0.460 e. The summed E-state index contributed by atoms with van der Waals surface area (Å²) in [7, 11) is 1.85. The fraction of sp³-hybridized carbons (Fsp3) is 0.176. The minimum atomic E-state index is -0.147. The molecule has 0 radical (unpaired) electrons. The number of rotatable bonds is 3. The van der Waals surface area contributed by atoms with Gasteiger partial charge in [0.1, 0.15) is 11.5 Å². The van der Waals surface area contributed by atoms with E-state index in [0.29, 0.717) is 11.4 Å². The van der Waals surface area contributed by atoms with Gasteiger partial charge < -0.3 is 4.42 Å². The van der Waals surface area contributed by atoms with E-state index in [2.05, 4.69) is 4.99 Å². The Labute approximate surface area is 128 Å². The molecule has 0 spiro atoms. The first-order valence-corrected chi connectivity index (χ1v) is 7.02. The first-order valence-electron chi connectivity index (χ1n) is 7.02. The minimum absolute atomic E-state index is 0.147. The summed E-state index contributed by atoms with van der Waals surface area (Å²) < 4.78 is 8.85. The van der Waals surface area contributed by atoms with Crippen LogP contribution in [0.15, 0.2) is 56.7 Å². The maximum atomic E-state index is 12.6. The topological polar surface area (TPSA) is 52.4 Å². The molecular formula is C17H17N3O2. The van der Waals surface area contributed by atoms with Gasteiger partial charge in [0.2, 0.25) is 0 Å². The Bertz CT molecular complexity index is 883. The van der Waals surface area contributed by atoms with Crippen LogP contribution in [0.1, 0.15) is 17.2 Å². The molecule has 3 rings (SSSR count). The van der Waals surface area contributed by atoms with Crippen molar-refractivity contribution in [2.45, 2.75) is 13.8 Å². The molecule has 0 fully saturated rings. The largest absolute Gasteiger partial charge is 0.460 e. The van der Waals surface area contributed by atoms with Crippen LogP contribution in [0.25, 0.3) is 5.69 Å². The summed E-state index contributed by atoms with van der Waals surface area (Å²) in [4.78, 5) is 17.0. The van der Waals surface area contributed by atoms with Crippen LogP contribution < -0.4 is 5.56 Å². The van der Waals surface area contributed by atoms with Crippen molar-refractivity contribution in [3.05, 3.63) is 70.0 Å². The summed E-state index contributed by atoms with van der Waals surface area (Å²) in [6.45, 7) is 3.74. The smallest absolute Gasteiger partial charge is 0.297 e. The Hall–Kier alpha value is -2.82. The highest BCUT2D eigenvalue weighted by molar-refractivity contribution is 5.78. The van der Waals surface area contributed by atoms with Crippen molar-refractivity contribution in [2.24, 2.45) is 12.0 Å². The first-order chi connectivity index (χ1) is 10.6. The molecule has 112 valence electrons. The molecule has 0 aliphatic heterocycles. The Morgan fingerprint density at radius 2 is 1.82 bits per heavy atom. The molecule has 0 bridgehead atoms. The van der Waals surface area contributed by atoms with E-state index < -0.39 is 0 Å². The lowest BCUT2D eigenvalue weighted by Gasteiger charge is -2.07. The van der Waals surface area contributed by atoms with E-state index in [-0.39, 0.29) is 5.56 Å². The number of aliphatic imine (C=N–C) groups is 1. The monoisotopic (exact) mass is 295 g/mol. The first kappa shape index (κ1) is 14.1. The molecule has 0 amide bonds. The van der Waals surface area contributed by atoms with Crippen LogP contribution in [-0.2, 0) is 7.05 Å². The lowest BCUT2D eigenvalue weighted by molar-refractivity contribution is 0.528. The fourth-order valence-corrected chi connectivity index (χ4v) is 2.35. The Morgan fingerprint density at radius 1 is 1.09 bits per heavy atom. The second kappa shape index (κ2) is 5.52. The van der Waals surface area contributed by atoms with Crippen molar-refractivity contribution in [2.75, 3.05) is 0 Å². The molecule has 5 nitrogen and oxygen atoms in total. The average molecular weight is 295 g/mol. The highest BCUT2D eigenvalue weighted by Gasteiger charge is 2.14. The lowest BCUT2D eigenvalue weighted by Crippen LogP contribution is -2.19. The van der Waals surface area contributed by atoms with Gasteiger partial charge in [-0.3, -0.25) is 9.48 Å². The van der Waals surface area contributed by atoms with Crippen LogP contribution in [0.5, 0.6) is 0 Å². The number of aryl methyl sites for hydroxylation is 1. The van der Waals surface area contributed by atoms with Crippen molar-refractivity contribution in [3.63, 3.8) is 0 Å². The molecule has 0 saturated carbocycles. The molecule has 0 unspecified atom stereocenters. The molecule has 0 aliphatic carbocycles. The Kier molecular flexibility index (Phi) is 3.55. The van der Waals surface area contributed by atoms with Gasteiger partial charge in [0.25, 0.3) is 5.56 Å². The van der Waals surface area contributed by atoms with Gasteiger partial charge in [-0.1, -0.05) is 18.2 Å². The van der Waals surface area contributed by atoms with E-state index in [1.54, 1.807) is 15.6 Å². The molecule has 0 aliphatic rings. The van der Waals surface area contributed by atoms with Crippen molar-refractivity contribution in [1.29, 1.82) is 0 Å². The van der Waals surface area contributed by atoms with Crippen LogP contribution in [0.3, 0.4) is 0 Å². The van der Waals surface area contributed by atoms with Crippen LogP contribution >= 0.6 is 0 Å². The molecule has 3 aromatic rings. The standard InChI is InChI=1S/C17H17N3O2/c1-12-9-10-15(22-12)11-18-16-13(2)19(3)20(17(16)21)14-7-5-4-6-8-14/h4-11H,1-3H3. The summed E-state index contributed by atoms with van der Waals surface area (Å²) in [6, 6.07) is 13.2. The van der Waals surface area contributed by atoms with Gasteiger partial charge in [0.15, 0.2) is 5.69 Å². The maximum Gasteiger partial charge on any atom is 0.297 e. The molecule has 0 saturated heterocycles. The van der Waals surface area contributed by atoms with E-state index >= 15 is 0 Å². The highest BCUT2D eigenvalue weighted by atomic mass is 16.3. The van der Waals surface area contributed by atoms with Gasteiger partial charge in [0, 0.05) is 7.05 Å². The van der Waals surface area contributed by atoms with E-state index in [1.807, 2.05) is 63.4 Å². The van der Waals surface area contributed by atoms with Crippen molar-refractivity contribution in [1.82, 2.24) is 9.36 Å². The molecule has 22 heavy (non-hydrogen) atoms. The zero-order valence-corrected chi connectivity index (χ0v) is 12.8. The zero-order chi connectivity index (χ0) is 15.7. The summed E-state index contributed by atoms with van der Waals surface area (Å²) in [5.41, 5.74) is 1.88. The van der Waals surface area contributed by atoms with Crippen LogP contribution in [0.4, 0.5) is 5.69 Å². The van der Waals surface area contributed by atoms with E-state index in [9.17, 15) is 4.79 Å². The number of hydrogen-bond donors (Lipinski definition) is 0. The third kappa shape index (κ3) is 2.41. The lowest BCUT2D eigenvalue weighted by atomic mass is 10.3. The average Bonchev–Trinajstić information content (AvgIpc) is 3.02. The number of benzene rings is 1. The fourth-order valence-electron chi connectivity index (χ4n) is 2.35. The van der Waals surface area contributed by atoms with Gasteiger partial charge >= 0.3 is 0 Å². The molecule has 5 heteroatoms. The summed E-state index contributed by atoms with van der Waals surface area (Å²) >= 11 is 0. The Balaban J connectivity index is 2.07. The number of aromatic nitrogens is 2. The quantitative estimate of drug-likeness (QED) is 0.697. The molecular weight excluding hydrogens is 278 g/mol. The third-order valence-corrected chi connectivity index (χ3v) is 3.61. The van der Waals surface area contributed by atoms with E-state index in [4.69, 9.17) is 4.42 Å². The zero-order valence-electron chi connectivity index (χ0n) is 12.8. The number of furan rings is 1. The third-order valence-electron chi connectivity index (χ3n) is 3.61. The molecule has 0 atom stereocenters. The Morgan fingerprint density at radius 3 is 2.45 bits per heavy atom. The highest BCUT2D eigenvalue weighted by Crippen LogP contribution is 2.16. The number of nitrogens with zero attached hydrogens (tertiary/aromatic N) is 3. The van der Waals surface area contributed by atoms with Crippen molar-refractivity contribution in [3.8, 4) is 5.69 Å². The number of para-hydroxylation sites is 1. The maximum absolute atomic E-state index is 12.6. The molecule has 1 aromatic carbocycles. The summed E-state index contributed by atoms with van der Waals surface area (Å²) in [6.07, 6.45) is 1.58. The van der Waals surface area contributed by atoms with Crippen LogP contribution in [-0.4, -0.2) is 15.6 Å². The molecule has 2 aromatic heterocycles. The number of hydrogen-bond acceptors (Lipinski definition) is 3. The van der Waals surface area contributed by atoms with Gasteiger partial charge in [-0.15, -0.1) is 0 Å². The van der Waals surface area contributed by atoms with Crippen LogP contribution in [0.2, 0.25) is 0 Å². The second-order valence-corrected chi connectivity index (χ2v) is 5.12. The summed E-state index contributed by atoms with van der Waals surface area (Å²) in [5, 5.41) is 0. The normalized spacial score (nSPS) is 11.4. The van der Waals surface area contributed by atoms with Crippen LogP contribution in [0, 0.1) is 13.8 Å². The molecule has 0 N–H and O–H groups in total. The van der Waals surface area contributed by atoms with E-state index in [1.165, 1.54) is 0 Å². The molecule has 2 heterocycles.